The van der Waals surface area contributed by atoms with Crippen molar-refractivity contribution >= 4 is 11.8 Å². The SMILES string of the molecule is Nn1c(SCc2cccnc2)nnc1C(F)F. The average Bonchev–Trinajstić information content (AvgIpc) is 2.69. The van der Waals surface area contributed by atoms with E-state index < -0.39 is 12.2 Å². The third-order valence-electron chi connectivity index (χ3n) is 1.98. The van der Waals surface area contributed by atoms with Crippen LogP contribution >= 0.6 is 11.8 Å². The van der Waals surface area contributed by atoms with Gasteiger partial charge in [-0.1, -0.05) is 17.8 Å². The lowest BCUT2D eigenvalue weighted by Crippen LogP contribution is -2.14. The number of hydrogen-bond acceptors (Lipinski definition) is 5. The van der Waals surface area contributed by atoms with E-state index in [-0.39, 0.29) is 5.16 Å². The van der Waals surface area contributed by atoms with Crippen LogP contribution in [-0.2, 0) is 5.75 Å². The summed E-state index contributed by atoms with van der Waals surface area (Å²) in [6.07, 6.45) is 0.632. The first-order valence-corrected chi connectivity index (χ1v) is 5.67. The van der Waals surface area contributed by atoms with E-state index in [2.05, 4.69) is 15.2 Å². The van der Waals surface area contributed by atoms with E-state index in [1.165, 1.54) is 11.8 Å². The molecule has 2 N–H and O–H groups in total. The molecule has 0 aliphatic rings. The highest BCUT2D eigenvalue weighted by Gasteiger charge is 2.18. The number of nitrogen functional groups attached to an aromatic ring is 1. The summed E-state index contributed by atoms with van der Waals surface area (Å²) in [6.45, 7) is 0. The number of thioether (sulfide) groups is 1. The van der Waals surface area contributed by atoms with E-state index in [1.54, 1.807) is 18.5 Å². The number of alkyl halides is 2. The molecule has 0 saturated carbocycles. The first-order chi connectivity index (χ1) is 8.18. The summed E-state index contributed by atoms with van der Waals surface area (Å²) in [7, 11) is 0. The lowest BCUT2D eigenvalue weighted by atomic mass is 10.3. The predicted octanol–water partition coefficient (Wildman–Crippen LogP) is 1.62. The van der Waals surface area contributed by atoms with Crippen LogP contribution in [0, 0.1) is 0 Å². The second kappa shape index (κ2) is 5.09. The third kappa shape index (κ3) is 2.70. The zero-order valence-corrected chi connectivity index (χ0v) is 9.44. The van der Waals surface area contributed by atoms with Gasteiger partial charge in [-0.15, -0.1) is 10.2 Å². The van der Waals surface area contributed by atoms with Gasteiger partial charge in [0.15, 0.2) is 0 Å². The Morgan fingerprint density at radius 2 is 2.24 bits per heavy atom. The van der Waals surface area contributed by atoms with Crippen molar-refractivity contribution in [3.8, 4) is 0 Å². The first-order valence-electron chi connectivity index (χ1n) is 4.68. The summed E-state index contributed by atoms with van der Waals surface area (Å²) in [4.78, 5) is 3.95. The number of rotatable bonds is 4. The van der Waals surface area contributed by atoms with E-state index in [0.717, 1.165) is 10.2 Å². The van der Waals surface area contributed by atoms with Crippen LogP contribution in [0.3, 0.4) is 0 Å². The summed E-state index contributed by atoms with van der Waals surface area (Å²) >= 11 is 1.23. The van der Waals surface area contributed by atoms with E-state index in [9.17, 15) is 8.78 Å². The standard InChI is InChI=1S/C9H9F2N5S/c10-7(11)8-14-15-9(16(8)12)17-5-6-2-1-3-13-4-6/h1-4,7H,5,12H2. The second-order valence-corrected chi connectivity index (χ2v) is 4.10. The molecule has 90 valence electrons. The van der Waals surface area contributed by atoms with Crippen LogP contribution in [0.25, 0.3) is 0 Å². The van der Waals surface area contributed by atoms with E-state index in [4.69, 9.17) is 5.84 Å². The van der Waals surface area contributed by atoms with Crippen molar-refractivity contribution in [2.24, 2.45) is 0 Å². The topological polar surface area (TPSA) is 69.6 Å². The summed E-state index contributed by atoms with van der Waals surface area (Å²) in [6, 6.07) is 3.68. The maximum atomic E-state index is 12.4. The molecule has 0 aromatic carbocycles. The van der Waals surface area contributed by atoms with Crippen molar-refractivity contribution in [1.82, 2.24) is 19.9 Å². The fourth-order valence-electron chi connectivity index (χ4n) is 1.17. The van der Waals surface area contributed by atoms with Crippen molar-refractivity contribution in [1.29, 1.82) is 0 Å². The molecule has 0 spiro atoms. The van der Waals surface area contributed by atoms with Crippen molar-refractivity contribution < 1.29 is 8.78 Å². The predicted molar refractivity (Wildman–Crippen MR) is 58.9 cm³/mol. The molecule has 17 heavy (non-hydrogen) atoms. The zero-order valence-electron chi connectivity index (χ0n) is 8.62. The van der Waals surface area contributed by atoms with Crippen LogP contribution in [0.1, 0.15) is 17.8 Å². The van der Waals surface area contributed by atoms with Gasteiger partial charge in [0, 0.05) is 18.1 Å². The highest BCUT2D eigenvalue weighted by molar-refractivity contribution is 7.98. The van der Waals surface area contributed by atoms with Crippen LogP contribution in [0.5, 0.6) is 0 Å². The van der Waals surface area contributed by atoms with Crippen LogP contribution in [-0.4, -0.2) is 19.9 Å². The minimum atomic E-state index is -2.72. The van der Waals surface area contributed by atoms with Gasteiger partial charge in [-0.3, -0.25) is 4.98 Å². The highest BCUT2D eigenvalue weighted by atomic mass is 32.2. The first kappa shape index (κ1) is 11.8. The molecular weight excluding hydrogens is 248 g/mol. The number of nitrogens with zero attached hydrogens (tertiary/aromatic N) is 4. The van der Waals surface area contributed by atoms with Gasteiger partial charge in [0.05, 0.1) is 0 Å². The molecule has 2 aromatic heterocycles. The number of nitrogens with two attached hydrogens (primary N) is 1. The Hall–Kier alpha value is -1.70. The summed E-state index contributed by atoms with van der Waals surface area (Å²) < 4.78 is 25.6. The van der Waals surface area contributed by atoms with Gasteiger partial charge in [0.1, 0.15) is 0 Å². The maximum Gasteiger partial charge on any atom is 0.299 e. The molecule has 0 atom stereocenters. The highest BCUT2D eigenvalue weighted by Crippen LogP contribution is 2.23. The lowest BCUT2D eigenvalue weighted by Gasteiger charge is -2.02. The molecule has 0 unspecified atom stereocenters. The Labute approximate surface area is 100 Å². The Kier molecular flexibility index (Phi) is 3.52. The Bertz CT molecular complexity index is 487. The Morgan fingerprint density at radius 1 is 1.41 bits per heavy atom. The molecule has 0 bridgehead atoms. The van der Waals surface area contributed by atoms with Gasteiger partial charge in [0.2, 0.25) is 11.0 Å². The monoisotopic (exact) mass is 257 g/mol. The molecule has 0 radical (unpaired) electrons. The summed E-state index contributed by atoms with van der Waals surface area (Å²) in [5, 5.41) is 7.19. The van der Waals surface area contributed by atoms with Gasteiger partial charge in [-0.05, 0) is 11.6 Å². The molecule has 0 aliphatic carbocycles. The Balaban J connectivity index is 2.05. The average molecular weight is 257 g/mol. The molecule has 0 saturated heterocycles. The van der Waals surface area contributed by atoms with E-state index >= 15 is 0 Å². The molecule has 2 heterocycles. The van der Waals surface area contributed by atoms with Crippen molar-refractivity contribution in [2.75, 3.05) is 5.84 Å². The fourth-order valence-corrected chi connectivity index (χ4v) is 1.96. The Morgan fingerprint density at radius 3 is 2.82 bits per heavy atom. The minimum absolute atomic E-state index is 0.254. The minimum Gasteiger partial charge on any atom is -0.335 e. The van der Waals surface area contributed by atoms with Gasteiger partial charge in [-0.2, -0.15) is 0 Å². The molecule has 0 aliphatic heterocycles. The second-order valence-electron chi connectivity index (χ2n) is 3.16. The van der Waals surface area contributed by atoms with E-state index in [1.807, 2.05) is 6.07 Å². The van der Waals surface area contributed by atoms with Crippen molar-refractivity contribution in [3.05, 3.63) is 35.9 Å². The zero-order chi connectivity index (χ0) is 12.3. The van der Waals surface area contributed by atoms with Gasteiger partial charge >= 0.3 is 0 Å². The molecule has 0 amide bonds. The van der Waals surface area contributed by atoms with Crippen LogP contribution in [0.15, 0.2) is 29.7 Å². The quantitative estimate of drug-likeness (QED) is 0.665. The van der Waals surface area contributed by atoms with Gasteiger partial charge in [-0.25, -0.2) is 13.5 Å². The lowest BCUT2D eigenvalue weighted by molar-refractivity contribution is 0.136. The molecule has 5 nitrogen and oxygen atoms in total. The number of halogens is 2. The molecule has 2 rings (SSSR count). The summed E-state index contributed by atoms with van der Waals surface area (Å²) in [5.41, 5.74) is 0.957. The smallest absolute Gasteiger partial charge is 0.299 e. The van der Waals surface area contributed by atoms with Crippen LogP contribution in [0.4, 0.5) is 8.78 Å². The summed E-state index contributed by atoms with van der Waals surface area (Å²) in [5.74, 6) is 5.46. The third-order valence-corrected chi connectivity index (χ3v) is 2.99. The molecule has 2 aromatic rings. The van der Waals surface area contributed by atoms with Crippen LogP contribution < -0.4 is 5.84 Å². The number of pyridine rings is 1. The molecule has 0 fully saturated rings. The van der Waals surface area contributed by atoms with E-state index in [0.29, 0.717) is 5.75 Å². The number of hydrogen-bond donors (Lipinski definition) is 1. The van der Waals surface area contributed by atoms with Gasteiger partial charge in [0.25, 0.3) is 6.43 Å². The maximum absolute atomic E-state index is 12.4. The fraction of sp³-hybridized carbons (Fsp3) is 0.222. The van der Waals surface area contributed by atoms with Crippen molar-refractivity contribution in [2.45, 2.75) is 17.3 Å². The largest absolute Gasteiger partial charge is 0.335 e. The molecular formula is C9H9F2N5S. The molecule has 8 heteroatoms. The van der Waals surface area contributed by atoms with Crippen LogP contribution in [0.2, 0.25) is 0 Å². The normalized spacial score (nSPS) is 11.0. The van der Waals surface area contributed by atoms with Crippen molar-refractivity contribution in [3.63, 3.8) is 0 Å². The number of aromatic nitrogens is 4. The van der Waals surface area contributed by atoms with Gasteiger partial charge < -0.3 is 5.84 Å².